The number of rotatable bonds is 4. The molecule has 0 aliphatic carbocycles. The van der Waals surface area contributed by atoms with Gasteiger partial charge in [-0.3, -0.25) is 0 Å². The Morgan fingerprint density at radius 1 is 1.16 bits per heavy atom. The third-order valence-corrected chi connectivity index (χ3v) is 3.57. The van der Waals surface area contributed by atoms with E-state index >= 15 is 0 Å². The third kappa shape index (κ3) is 3.21. The van der Waals surface area contributed by atoms with Crippen molar-refractivity contribution in [2.45, 2.75) is 20.4 Å². The zero-order valence-electron chi connectivity index (χ0n) is 11.4. The normalized spacial score (nSPS) is 10.5. The molecule has 2 aromatic carbocycles. The zero-order valence-corrected chi connectivity index (χ0v) is 12.1. The first kappa shape index (κ1) is 13.8. The molecule has 0 heterocycles. The van der Waals surface area contributed by atoms with E-state index in [1.807, 2.05) is 12.1 Å². The highest BCUT2D eigenvalue weighted by Crippen LogP contribution is 2.28. The molecule has 0 aliphatic rings. The molecule has 2 N–H and O–H groups in total. The summed E-state index contributed by atoms with van der Waals surface area (Å²) < 4.78 is 0. The van der Waals surface area contributed by atoms with Crippen LogP contribution in [-0.2, 0) is 6.54 Å². The summed E-state index contributed by atoms with van der Waals surface area (Å²) >= 11 is 5.95. The highest BCUT2D eigenvalue weighted by atomic mass is 35.5. The number of halogens is 1. The van der Waals surface area contributed by atoms with Crippen LogP contribution < -0.4 is 10.6 Å². The Morgan fingerprint density at radius 3 is 2.53 bits per heavy atom. The fourth-order valence-corrected chi connectivity index (χ4v) is 2.35. The molecule has 0 aliphatic heterocycles. The maximum absolute atomic E-state index is 6.06. The quantitative estimate of drug-likeness (QED) is 0.844. The van der Waals surface area contributed by atoms with E-state index in [0.717, 1.165) is 24.5 Å². The Balaban J connectivity index is 2.28. The Morgan fingerprint density at radius 2 is 1.89 bits per heavy atom. The molecular weight excluding hydrogens is 256 g/mol. The number of benzene rings is 2. The van der Waals surface area contributed by atoms with Gasteiger partial charge in [0, 0.05) is 18.1 Å². The predicted octanol–water partition coefficient (Wildman–Crippen LogP) is 4.26. The second-order valence-electron chi connectivity index (χ2n) is 4.64. The van der Waals surface area contributed by atoms with E-state index in [4.69, 9.17) is 17.3 Å². The summed E-state index contributed by atoms with van der Waals surface area (Å²) in [7, 11) is 0. The van der Waals surface area contributed by atoms with E-state index in [2.05, 4.69) is 43.0 Å². The van der Waals surface area contributed by atoms with Crippen LogP contribution in [0.15, 0.2) is 42.5 Å². The lowest BCUT2D eigenvalue weighted by atomic mass is 10.1. The van der Waals surface area contributed by atoms with Gasteiger partial charge in [0.25, 0.3) is 0 Å². The average molecular weight is 275 g/mol. The highest BCUT2D eigenvalue weighted by molar-refractivity contribution is 6.31. The molecule has 0 amide bonds. The molecule has 2 aromatic rings. The summed E-state index contributed by atoms with van der Waals surface area (Å²) in [6, 6.07) is 14.1. The van der Waals surface area contributed by atoms with Crippen LogP contribution in [0.4, 0.5) is 11.4 Å². The van der Waals surface area contributed by atoms with E-state index in [-0.39, 0.29) is 0 Å². The lowest BCUT2D eigenvalue weighted by molar-refractivity contribution is 0.828. The minimum Gasteiger partial charge on any atom is -0.397 e. The lowest BCUT2D eigenvalue weighted by Crippen LogP contribution is -2.23. The van der Waals surface area contributed by atoms with Crippen molar-refractivity contribution >= 4 is 23.0 Å². The summed E-state index contributed by atoms with van der Waals surface area (Å²) in [5.41, 5.74) is 10.4. The van der Waals surface area contributed by atoms with Gasteiger partial charge in [-0.1, -0.05) is 35.9 Å². The maximum Gasteiger partial charge on any atom is 0.0603 e. The van der Waals surface area contributed by atoms with Crippen molar-refractivity contribution in [2.75, 3.05) is 17.2 Å². The summed E-state index contributed by atoms with van der Waals surface area (Å²) in [5.74, 6) is 0. The lowest BCUT2D eigenvalue weighted by Gasteiger charge is -2.25. The highest BCUT2D eigenvalue weighted by Gasteiger charge is 2.10. The van der Waals surface area contributed by atoms with Crippen molar-refractivity contribution in [1.29, 1.82) is 0 Å². The van der Waals surface area contributed by atoms with Crippen molar-refractivity contribution in [3.05, 3.63) is 58.6 Å². The van der Waals surface area contributed by atoms with Crippen LogP contribution in [0.3, 0.4) is 0 Å². The van der Waals surface area contributed by atoms with Gasteiger partial charge in [-0.25, -0.2) is 0 Å². The number of hydrogen-bond acceptors (Lipinski definition) is 2. The molecule has 2 nitrogen and oxygen atoms in total. The van der Waals surface area contributed by atoms with Gasteiger partial charge < -0.3 is 10.6 Å². The first-order chi connectivity index (χ1) is 9.11. The van der Waals surface area contributed by atoms with E-state index in [1.54, 1.807) is 6.07 Å². The molecule has 0 aromatic heterocycles. The van der Waals surface area contributed by atoms with Crippen LogP contribution in [0, 0.1) is 6.92 Å². The van der Waals surface area contributed by atoms with E-state index in [9.17, 15) is 0 Å². The van der Waals surface area contributed by atoms with Crippen molar-refractivity contribution in [3.8, 4) is 0 Å². The molecule has 2 rings (SSSR count). The summed E-state index contributed by atoms with van der Waals surface area (Å²) in [4.78, 5) is 2.26. The van der Waals surface area contributed by atoms with Crippen molar-refractivity contribution in [3.63, 3.8) is 0 Å². The zero-order chi connectivity index (χ0) is 13.8. The third-order valence-electron chi connectivity index (χ3n) is 3.33. The van der Waals surface area contributed by atoms with Crippen molar-refractivity contribution in [2.24, 2.45) is 0 Å². The second kappa shape index (κ2) is 5.98. The predicted molar refractivity (Wildman–Crippen MR) is 83.8 cm³/mol. The summed E-state index contributed by atoms with van der Waals surface area (Å²) in [5, 5.41) is 0.674. The fourth-order valence-electron chi connectivity index (χ4n) is 2.17. The molecular formula is C16H19ClN2. The second-order valence-corrected chi connectivity index (χ2v) is 5.08. The topological polar surface area (TPSA) is 29.3 Å². The largest absolute Gasteiger partial charge is 0.397 e. The van der Waals surface area contributed by atoms with Crippen LogP contribution >= 0.6 is 11.6 Å². The van der Waals surface area contributed by atoms with Crippen LogP contribution in [-0.4, -0.2) is 6.54 Å². The Bertz CT molecular complexity index is 566. The van der Waals surface area contributed by atoms with Crippen LogP contribution in [0.1, 0.15) is 18.1 Å². The molecule has 100 valence electrons. The number of nitrogens with two attached hydrogens (primary N) is 1. The van der Waals surface area contributed by atoms with Crippen LogP contribution in [0.2, 0.25) is 5.02 Å². The van der Waals surface area contributed by atoms with Gasteiger partial charge in [0.05, 0.1) is 11.4 Å². The summed E-state index contributed by atoms with van der Waals surface area (Å²) in [6.45, 7) is 6.02. The van der Waals surface area contributed by atoms with Gasteiger partial charge in [-0.05, 0) is 43.2 Å². The van der Waals surface area contributed by atoms with Crippen LogP contribution in [0.25, 0.3) is 0 Å². The minimum atomic E-state index is 0.674. The van der Waals surface area contributed by atoms with Gasteiger partial charge in [0.1, 0.15) is 0 Å². The monoisotopic (exact) mass is 274 g/mol. The number of nitrogens with zero attached hydrogens (tertiary/aromatic N) is 1. The van der Waals surface area contributed by atoms with Gasteiger partial charge in [-0.15, -0.1) is 0 Å². The van der Waals surface area contributed by atoms with Crippen LogP contribution in [0.5, 0.6) is 0 Å². The van der Waals surface area contributed by atoms with Crippen molar-refractivity contribution in [1.82, 2.24) is 0 Å². The molecule has 0 saturated heterocycles. The first-order valence-corrected chi connectivity index (χ1v) is 6.84. The molecule has 0 spiro atoms. The van der Waals surface area contributed by atoms with Gasteiger partial charge in [-0.2, -0.15) is 0 Å². The standard InChI is InChI=1S/C16H19ClN2/c1-3-19(11-13-7-5-4-6-12(13)2)16-9-8-14(17)10-15(16)18/h4-10H,3,11,18H2,1-2H3. The smallest absolute Gasteiger partial charge is 0.0603 e. The first-order valence-electron chi connectivity index (χ1n) is 6.46. The average Bonchev–Trinajstić information content (AvgIpc) is 2.39. The van der Waals surface area contributed by atoms with Gasteiger partial charge in [0.15, 0.2) is 0 Å². The van der Waals surface area contributed by atoms with E-state index < -0.39 is 0 Å². The molecule has 0 bridgehead atoms. The minimum absolute atomic E-state index is 0.674. The molecule has 0 atom stereocenters. The number of aryl methyl sites for hydroxylation is 1. The van der Waals surface area contributed by atoms with Crippen molar-refractivity contribution < 1.29 is 0 Å². The molecule has 3 heteroatoms. The SMILES string of the molecule is CCN(Cc1ccccc1C)c1ccc(Cl)cc1N. The number of anilines is 2. The van der Waals surface area contributed by atoms with E-state index in [0.29, 0.717) is 5.02 Å². The molecule has 0 saturated carbocycles. The maximum atomic E-state index is 6.06. The molecule has 0 fully saturated rings. The summed E-state index contributed by atoms with van der Waals surface area (Å²) in [6.07, 6.45) is 0. The Labute approximate surface area is 119 Å². The molecule has 0 unspecified atom stereocenters. The molecule has 0 radical (unpaired) electrons. The van der Waals surface area contributed by atoms with Gasteiger partial charge in [0.2, 0.25) is 0 Å². The fraction of sp³-hybridized carbons (Fsp3) is 0.250. The van der Waals surface area contributed by atoms with Gasteiger partial charge >= 0.3 is 0 Å². The molecule has 19 heavy (non-hydrogen) atoms. The van der Waals surface area contributed by atoms with E-state index in [1.165, 1.54) is 11.1 Å². The Kier molecular flexibility index (Phi) is 4.33. The number of nitrogen functional groups attached to an aromatic ring is 1. The number of hydrogen-bond donors (Lipinski definition) is 1. The Hall–Kier alpha value is -1.67.